The Bertz CT molecular complexity index is 1320. The fraction of sp³-hybridized carbons (Fsp3) is 0.419. The molecule has 3 aromatic rings. The highest BCUT2D eigenvalue weighted by atomic mass is 32.2. The standard InChI is InChI=1S/C31H38N4O4S/c1-21-9-11-24(12-10-21)19-35(28(36)20-40-30-32-22(2)17-23(3)33-30)31(15-7-6-8-16-31)29(37)34-26-14-13-25(38-4)18-27(26)39-5/h9-14,17-18H,6-8,15-16,19-20H2,1-5H3,(H,34,37). The number of methoxy groups -OCH3 is 2. The number of benzene rings is 2. The van der Waals surface area contributed by atoms with E-state index in [1.54, 1.807) is 37.3 Å². The molecule has 1 aliphatic rings. The Kier molecular flexibility index (Phi) is 9.68. The Labute approximate surface area is 240 Å². The van der Waals surface area contributed by atoms with Crippen LogP contribution in [0.1, 0.15) is 54.6 Å². The van der Waals surface area contributed by atoms with Crippen LogP contribution in [0, 0.1) is 20.8 Å². The Hall–Kier alpha value is -3.59. The van der Waals surface area contributed by atoms with Crippen LogP contribution >= 0.6 is 11.8 Å². The second-order valence-corrected chi connectivity index (χ2v) is 11.2. The van der Waals surface area contributed by atoms with E-state index >= 15 is 0 Å². The zero-order chi connectivity index (χ0) is 28.7. The highest BCUT2D eigenvalue weighted by Gasteiger charge is 2.47. The number of amides is 2. The smallest absolute Gasteiger partial charge is 0.250 e. The molecule has 1 N–H and O–H groups in total. The summed E-state index contributed by atoms with van der Waals surface area (Å²) in [5.74, 6) is 0.938. The summed E-state index contributed by atoms with van der Waals surface area (Å²) >= 11 is 1.31. The van der Waals surface area contributed by atoms with Gasteiger partial charge in [0.05, 0.1) is 25.7 Å². The first-order valence-corrected chi connectivity index (χ1v) is 14.6. The summed E-state index contributed by atoms with van der Waals surface area (Å²) in [5, 5.41) is 3.66. The van der Waals surface area contributed by atoms with Crippen molar-refractivity contribution in [3.63, 3.8) is 0 Å². The summed E-state index contributed by atoms with van der Waals surface area (Å²) in [7, 11) is 3.14. The molecular formula is C31H38N4O4S. The summed E-state index contributed by atoms with van der Waals surface area (Å²) < 4.78 is 10.9. The molecule has 40 heavy (non-hydrogen) atoms. The number of anilines is 1. The highest BCUT2D eigenvalue weighted by molar-refractivity contribution is 7.99. The van der Waals surface area contributed by atoms with Gasteiger partial charge in [-0.25, -0.2) is 9.97 Å². The number of aromatic nitrogens is 2. The monoisotopic (exact) mass is 562 g/mol. The molecule has 2 amide bonds. The molecule has 1 saturated carbocycles. The summed E-state index contributed by atoms with van der Waals surface area (Å²) in [6.07, 6.45) is 3.91. The third-order valence-electron chi connectivity index (χ3n) is 7.33. The zero-order valence-corrected chi connectivity index (χ0v) is 24.8. The largest absolute Gasteiger partial charge is 0.497 e. The van der Waals surface area contributed by atoms with Gasteiger partial charge >= 0.3 is 0 Å². The Morgan fingerprint density at radius 3 is 2.23 bits per heavy atom. The van der Waals surface area contributed by atoms with Crippen LogP contribution in [-0.2, 0) is 16.1 Å². The van der Waals surface area contributed by atoms with Gasteiger partial charge in [0, 0.05) is 24.0 Å². The van der Waals surface area contributed by atoms with Gasteiger partial charge in [0.15, 0.2) is 5.16 Å². The van der Waals surface area contributed by atoms with E-state index in [1.165, 1.54) is 11.8 Å². The van der Waals surface area contributed by atoms with Gasteiger partial charge in [0.25, 0.3) is 0 Å². The van der Waals surface area contributed by atoms with E-state index in [-0.39, 0.29) is 17.6 Å². The lowest BCUT2D eigenvalue weighted by atomic mass is 9.79. The quantitative estimate of drug-likeness (QED) is 0.244. The minimum Gasteiger partial charge on any atom is -0.497 e. The number of rotatable bonds is 10. The predicted molar refractivity (Wildman–Crippen MR) is 158 cm³/mol. The van der Waals surface area contributed by atoms with E-state index in [0.717, 1.165) is 41.8 Å². The van der Waals surface area contributed by atoms with Crippen molar-refractivity contribution in [1.82, 2.24) is 14.9 Å². The summed E-state index contributed by atoms with van der Waals surface area (Å²) in [6, 6.07) is 15.3. The number of carbonyl (C=O) groups is 2. The van der Waals surface area contributed by atoms with Gasteiger partial charge in [-0.1, -0.05) is 60.9 Å². The fourth-order valence-corrected chi connectivity index (χ4v) is 6.04. The molecule has 1 fully saturated rings. The van der Waals surface area contributed by atoms with Crippen molar-refractivity contribution in [2.75, 3.05) is 25.3 Å². The molecule has 0 saturated heterocycles. The van der Waals surface area contributed by atoms with Crippen LogP contribution in [0.2, 0.25) is 0 Å². The molecular weight excluding hydrogens is 524 g/mol. The molecule has 9 heteroatoms. The van der Waals surface area contributed by atoms with Crippen LogP contribution in [0.25, 0.3) is 0 Å². The molecule has 1 aliphatic carbocycles. The van der Waals surface area contributed by atoms with Crippen molar-refractivity contribution in [3.05, 3.63) is 71.0 Å². The zero-order valence-electron chi connectivity index (χ0n) is 24.0. The first-order valence-electron chi connectivity index (χ1n) is 13.6. The molecule has 212 valence electrons. The van der Waals surface area contributed by atoms with Gasteiger partial charge < -0.3 is 19.7 Å². The maximum atomic E-state index is 14.2. The van der Waals surface area contributed by atoms with Crippen LogP contribution in [-0.4, -0.2) is 52.2 Å². The van der Waals surface area contributed by atoms with E-state index in [4.69, 9.17) is 9.47 Å². The third-order valence-corrected chi connectivity index (χ3v) is 8.16. The molecule has 1 heterocycles. The topological polar surface area (TPSA) is 93.7 Å². The number of thioether (sulfide) groups is 1. The van der Waals surface area contributed by atoms with E-state index in [0.29, 0.717) is 41.7 Å². The Morgan fingerprint density at radius 2 is 1.60 bits per heavy atom. The van der Waals surface area contributed by atoms with Crippen molar-refractivity contribution in [3.8, 4) is 11.5 Å². The van der Waals surface area contributed by atoms with Crippen molar-refractivity contribution < 1.29 is 19.1 Å². The number of hydrogen-bond acceptors (Lipinski definition) is 7. The lowest BCUT2D eigenvalue weighted by molar-refractivity contribution is -0.146. The van der Waals surface area contributed by atoms with Gasteiger partial charge in [0.1, 0.15) is 17.0 Å². The molecule has 0 aliphatic heterocycles. The van der Waals surface area contributed by atoms with Gasteiger partial charge in [-0.2, -0.15) is 0 Å². The molecule has 4 rings (SSSR count). The summed E-state index contributed by atoms with van der Waals surface area (Å²) in [4.78, 5) is 39.1. The van der Waals surface area contributed by atoms with Crippen molar-refractivity contribution in [1.29, 1.82) is 0 Å². The fourth-order valence-electron chi connectivity index (χ4n) is 5.21. The molecule has 8 nitrogen and oxygen atoms in total. The second-order valence-electron chi connectivity index (χ2n) is 10.3. The lowest BCUT2D eigenvalue weighted by Gasteiger charge is -2.45. The number of ether oxygens (including phenoxy) is 2. The van der Waals surface area contributed by atoms with Crippen LogP contribution in [0.15, 0.2) is 53.7 Å². The van der Waals surface area contributed by atoms with Crippen LogP contribution in [0.5, 0.6) is 11.5 Å². The van der Waals surface area contributed by atoms with Crippen molar-refractivity contribution in [2.24, 2.45) is 0 Å². The predicted octanol–water partition coefficient (Wildman–Crippen LogP) is 5.88. The van der Waals surface area contributed by atoms with Gasteiger partial charge in [0.2, 0.25) is 11.8 Å². The molecule has 0 radical (unpaired) electrons. The van der Waals surface area contributed by atoms with E-state index in [2.05, 4.69) is 15.3 Å². The van der Waals surface area contributed by atoms with Crippen LogP contribution in [0.3, 0.4) is 0 Å². The van der Waals surface area contributed by atoms with Crippen molar-refractivity contribution in [2.45, 2.75) is 70.1 Å². The average molecular weight is 563 g/mol. The van der Waals surface area contributed by atoms with Gasteiger partial charge in [-0.3, -0.25) is 9.59 Å². The molecule has 1 aromatic heterocycles. The van der Waals surface area contributed by atoms with Gasteiger partial charge in [-0.05, 0) is 57.4 Å². The molecule has 0 bridgehead atoms. The summed E-state index contributed by atoms with van der Waals surface area (Å²) in [5.41, 5.74) is 3.37. The highest BCUT2D eigenvalue weighted by Crippen LogP contribution is 2.38. The number of aryl methyl sites for hydroxylation is 3. The number of hydrogen-bond donors (Lipinski definition) is 1. The first-order chi connectivity index (χ1) is 19.2. The SMILES string of the molecule is COc1ccc(NC(=O)C2(N(Cc3ccc(C)cc3)C(=O)CSc3nc(C)cc(C)n3)CCCCC2)c(OC)c1. The maximum Gasteiger partial charge on any atom is 0.250 e. The lowest BCUT2D eigenvalue weighted by Crippen LogP contribution is -2.60. The molecule has 0 unspecified atom stereocenters. The van der Waals surface area contributed by atoms with Gasteiger partial charge in [-0.15, -0.1) is 0 Å². The Morgan fingerprint density at radius 1 is 0.925 bits per heavy atom. The summed E-state index contributed by atoms with van der Waals surface area (Å²) in [6.45, 7) is 6.20. The molecule has 0 spiro atoms. The van der Waals surface area contributed by atoms with E-state index < -0.39 is 5.54 Å². The van der Waals surface area contributed by atoms with Crippen molar-refractivity contribution >= 4 is 29.3 Å². The molecule has 0 atom stereocenters. The van der Waals surface area contributed by atoms with Crippen LogP contribution in [0.4, 0.5) is 5.69 Å². The number of carbonyl (C=O) groups excluding carboxylic acids is 2. The van der Waals surface area contributed by atoms with E-state index in [1.807, 2.05) is 51.1 Å². The third kappa shape index (κ3) is 6.94. The molecule has 2 aromatic carbocycles. The normalized spacial score (nSPS) is 14.3. The second kappa shape index (κ2) is 13.2. The van der Waals surface area contributed by atoms with Crippen LogP contribution < -0.4 is 14.8 Å². The first kappa shape index (κ1) is 29.4. The number of nitrogens with one attached hydrogen (secondary N) is 1. The minimum absolute atomic E-state index is 0.118. The van der Waals surface area contributed by atoms with E-state index in [9.17, 15) is 9.59 Å². The minimum atomic E-state index is -1.00. The number of nitrogens with zero attached hydrogens (tertiary/aromatic N) is 3. The average Bonchev–Trinajstić information content (AvgIpc) is 2.95. The Balaban J connectivity index is 1.67. The maximum absolute atomic E-state index is 14.2.